The number of nitrogens with one attached hydrogen (secondary N) is 2. The molecule has 0 aliphatic carbocycles. The van der Waals surface area contributed by atoms with Crippen molar-refractivity contribution in [3.63, 3.8) is 0 Å². The van der Waals surface area contributed by atoms with Crippen LogP contribution in [0.5, 0.6) is 0 Å². The maximum atomic E-state index is 4.55. The van der Waals surface area contributed by atoms with Crippen molar-refractivity contribution >= 4 is 10.9 Å². The Morgan fingerprint density at radius 2 is 1.31 bits per heavy atom. The van der Waals surface area contributed by atoms with Crippen LogP contribution in [0.4, 0.5) is 0 Å². The molecule has 5 rings (SSSR count). The first-order valence-corrected chi connectivity index (χ1v) is 8.67. The molecule has 0 saturated heterocycles. The average molecular weight is 335 g/mol. The number of fused-ring (bicyclic) bond motifs is 1. The first-order valence-electron chi connectivity index (χ1n) is 8.67. The number of benzene rings is 3. The van der Waals surface area contributed by atoms with E-state index in [1.807, 2.05) is 24.3 Å². The van der Waals surface area contributed by atoms with E-state index >= 15 is 0 Å². The zero-order valence-electron chi connectivity index (χ0n) is 14.1. The van der Waals surface area contributed by atoms with E-state index < -0.39 is 0 Å². The molecule has 0 saturated carbocycles. The minimum absolute atomic E-state index is 0.949. The van der Waals surface area contributed by atoms with Crippen molar-refractivity contribution in [3.05, 3.63) is 91.0 Å². The van der Waals surface area contributed by atoms with Crippen molar-refractivity contribution in [3.8, 4) is 33.8 Å². The second kappa shape index (κ2) is 6.05. The Bertz CT molecular complexity index is 1170. The second-order valence-electron chi connectivity index (χ2n) is 6.32. The molecule has 0 spiro atoms. The van der Waals surface area contributed by atoms with Gasteiger partial charge in [0.05, 0.1) is 17.1 Å². The lowest BCUT2D eigenvalue weighted by Gasteiger charge is -2.03. The lowest BCUT2D eigenvalue weighted by atomic mass is 10.0. The van der Waals surface area contributed by atoms with Gasteiger partial charge in [-0.25, -0.2) is 0 Å². The van der Waals surface area contributed by atoms with Gasteiger partial charge < -0.3 is 4.98 Å². The van der Waals surface area contributed by atoms with Gasteiger partial charge in [0.25, 0.3) is 0 Å². The molecule has 2 heterocycles. The Morgan fingerprint density at radius 3 is 2.08 bits per heavy atom. The summed E-state index contributed by atoms with van der Waals surface area (Å²) in [5.74, 6) is 0. The van der Waals surface area contributed by atoms with Gasteiger partial charge in [-0.3, -0.25) is 5.10 Å². The highest BCUT2D eigenvalue weighted by atomic mass is 15.1. The maximum Gasteiger partial charge on any atom is 0.0927 e. The summed E-state index contributed by atoms with van der Waals surface area (Å²) < 4.78 is 0. The molecule has 3 nitrogen and oxygen atoms in total. The van der Waals surface area contributed by atoms with E-state index in [1.54, 1.807) is 0 Å². The SMILES string of the molecule is c1ccc(-c2cc(-c3c(-c4ccccc4)[nH]c4ccccc34)[nH]n2)cc1. The van der Waals surface area contributed by atoms with Gasteiger partial charge in [0, 0.05) is 22.0 Å². The van der Waals surface area contributed by atoms with E-state index in [1.165, 1.54) is 5.39 Å². The minimum atomic E-state index is 0.949. The highest BCUT2D eigenvalue weighted by molar-refractivity contribution is 6.03. The lowest BCUT2D eigenvalue weighted by molar-refractivity contribution is 1.10. The van der Waals surface area contributed by atoms with Crippen molar-refractivity contribution in [1.29, 1.82) is 0 Å². The molecule has 0 aliphatic rings. The zero-order chi connectivity index (χ0) is 17.3. The van der Waals surface area contributed by atoms with E-state index in [0.717, 1.165) is 39.3 Å². The van der Waals surface area contributed by atoms with Crippen molar-refractivity contribution < 1.29 is 0 Å². The molecule has 3 aromatic carbocycles. The predicted molar refractivity (Wildman–Crippen MR) is 107 cm³/mol. The van der Waals surface area contributed by atoms with Crippen LogP contribution in [0.15, 0.2) is 91.0 Å². The molecule has 124 valence electrons. The van der Waals surface area contributed by atoms with Crippen LogP contribution in [-0.2, 0) is 0 Å². The molecule has 0 fully saturated rings. The van der Waals surface area contributed by atoms with Crippen molar-refractivity contribution in [1.82, 2.24) is 15.2 Å². The molecule has 5 aromatic rings. The maximum absolute atomic E-state index is 4.55. The molecule has 0 bridgehead atoms. The number of aromatic amines is 2. The fraction of sp³-hybridized carbons (Fsp3) is 0. The molecule has 2 N–H and O–H groups in total. The molecule has 0 amide bonds. The topological polar surface area (TPSA) is 44.5 Å². The van der Waals surface area contributed by atoms with E-state index in [-0.39, 0.29) is 0 Å². The number of hydrogen-bond acceptors (Lipinski definition) is 1. The van der Waals surface area contributed by atoms with Gasteiger partial charge in [-0.1, -0.05) is 78.9 Å². The van der Waals surface area contributed by atoms with Crippen LogP contribution < -0.4 is 0 Å². The number of hydrogen-bond donors (Lipinski definition) is 2. The average Bonchev–Trinajstić information content (AvgIpc) is 3.34. The molecular weight excluding hydrogens is 318 g/mol. The van der Waals surface area contributed by atoms with Gasteiger partial charge in [0.15, 0.2) is 0 Å². The molecule has 26 heavy (non-hydrogen) atoms. The van der Waals surface area contributed by atoms with Crippen molar-refractivity contribution in [2.45, 2.75) is 0 Å². The van der Waals surface area contributed by atoms with Crippen LogP contribution in [0.2, 0.25) is 0 Å². The fourth-order valence-electron chi connectivity index (χ4n) is 3.45. The van der Waals surface area contributed by atoms with Crippen molar-refractivity contribution in [2.24, 2.45) is 0 Å². The molecule has 0 unspecified atom stereocenters. The van der Waals surface area contributed by atoms with Crippen LogP contribution in [0.25, 0.3) is 44.7 Å². The van der Waals surface area contributed by atoms with Gasteiger partial charge in [-0.15, -0.1) is 0 Å². The zero-order valence-corrected chi connectivity index (χ0v) is 14.1. The van der Waals surface area contributed by atoms with E-state index in [9.17, 15) is 0 Å². The Labute approximate surface area is 151 Å². The van der Waals surface area contributed by atoms with Gasteiger partial charge in [-0.2, -0.15) is 5.10 Å². The molecule has 0 aliphatic heterocycles. The molecular formula is C23H17N3. The first-order chi connectivity index (χ1) is 12.9. The predicted octanol–water partition coefficient (Wildman–Crippen LogP) is 5.89. The van der Waals surface area contributed by atoms with Crippen LogP contribution in [0.1, 0.15) is 0 Å². The summed E-state index contributed by atoms with van der Waals surface area (Å²) in [7, 11) is 0. The lowest BCUT2D eigenvalue weighted by Crippen LogP contribution is -1.82. The number of nitrogens with zero attached hydrogens (tertiary/aromatic N) is 1. The van der Waals surface area contributed by atoms with Crippen LogP contribution in [-0.4, -0.2) is 15.2 Å². The minimum Gasteiger partial charge on any atom is -0.354 e. The van der Waals surface area contributed by atoms with Gasteiger partial charge in [0.1, 0.15) is 0 Å². The van der Waals surface area contributed by atoms with E-state index in [4.69, 9.17) is 0 Å². The summed E-state index contributed by atoms with van der Waals surface area (Å²) in [6, 6.07) is 31.2. The highest BCUT2D eigenvalue weighted by Crippen LogP contribution is 2.38. The van der Waals surface area contributed by atoms with Crippen LogP contribution >= 0.6 is 0 Å². The van der Waals surface area contributed by atoms with Crippen LogP contribution in [0, 0.1) is 0 Å². The Hall–Kier alpha value is -3.59. The van der Waals surface area contributed by atoms with Gasteiger partial charge in [-0.05, 0) is 17.7 Å². The number of aromatic nitrogens is 3. The summed E-state index contributed by atoms with van der Waals surface area (Å²) in [6.07, 6.45) is 0. The Kier molecular flexibility index (Phi) is 3.42. The number of rotatable bonds is 3. The third kappa shape index (κ3) is 2.42. The molecule has 0 atom stereocenters. The highest BCUT2D eigenvalue weighted by Gasteiger charge is 2.17. The molecule has 3 heteroatoms. The molecule has 0 radical (unpaired) electrons. The third-order valence-corrected chi connectivity index (χ3v) is 4.69. The Balaban J connectivity index is 1.73. The monoisotopic (exact) mass is 335 g/mol. The smallest absolute Gasteiger partial charge is 0.0927 e. The van der Waals surface area contributed by atoms with Crippen molar-refractivity contribution in [2.75, 3.05) is 0 Å². The van der Waals surface area contributed by atoms with E-state index in [0.29, 0.717) is 0 Å². The third-order valence-electron chi connectivity index (χ3n) is 4.69. The number of para-hydroxylation sites is 1. The summed E-state index contributed by atoms with van der Waals surface area (Å²) in [5.41, 5.74) is 7.62. The summed E-state index contributed by atoms with van der Waals surface area (Å²) >= 11 is 0. The number of H-pyrrole nitrogens is 2. The summed E-state index contributed by atoms with van der Waals surface area (Å²) in [4.78, 5) is 3.58. The van der Waals surface area contributed by atoms with Crippen LogP contribution in [0.3, 0.4) is 0 Å². The second-order valence-corrected chi connectivity index (χ2v) is 6.32. The molecule has 2 aromatic heterocycles. The van der Waals surface area contributed by atoms with E-state index in [2.05, 4.69) is 81.9 Å². The summed E-state index contributed by atoms with van der Waals surface area (Å²) in [6.45, 7) is 0. The Morgan fingerprint density at radius 1 is 0.654 bits per heavy atom. The quantitative estimate of drug-likeness (QED) is 0.424. The van der Waals surface area contributed by atoms with Gasteiger partial charge >= 0.3 is 0 Å². The fourth-order valence-corrected chi connectivity index (χ4v) is 3.45. The van der Waals surface area contributed by atoms with Gasteiger partial charge in [0.2, 0.25) is 0 Å². The summed E-state index contributed by atoms with van der Waals surface area (Å²) in [5, 5.41) is 8.97. The largest absolute Gasteiger partial charge is 0.354 e. The standard InChI is InChI=1S/C23H17N3/c1-3-9-16(10-4-1)20-15-21(26-25-20)22-18-13-7-8-14-19(18)24-23(22)17-11-5-2-6-12-17/h1-15,24H,(H,25,26). The first kappa shape index (κ1) is 14.7. The normalized spacial score (nSPS) is 11.1.